The standard InChI is InChI=1S/C17H18ClNO3S/c1-12-5-7-16-13(10-12)4-3-9-19(16)23(20,21)14-6-8-17(22-2)15(18)11-14/h5-8,10-11H,3-4,9H2,1-2H3. The minimum absolute atomic E-state index is 0.178. The maximum atomic E-state index is 13.0. The molecule has 1 aliphatic rings. The van der Waals surface area contributed by atoms with Crippen LogP contribution in [0.3, 0.4) is 0 Å². The largest absolute Gasteiger partial charge is 0.495 e. The number of fused-ring (bicyclic) bond motifs is 1. The molecule has 0 fully saturated rings. The van der Waals surface area contributed by atoms with Gasteiger partial charge in [-0.15, -0.1) is 0 Å². The summed E-state index contributed by atoms with van der Waals surface area (Å²) in [5.74, 6) is 0.459. The molecule has 0 aromatic heterocycles. The van der Waals surface area contributed by atoms with Gasteiger partial charge in [0.05, 0.1) is 22.7 Å². The Morgan fingerprint density at radius 1 is 1.17 bits per heavy atom. The molecule has 0 saturated heterocycles. The maximum Gasteiger partial charge on any atom is 0.264 e. The minimum Gasteiger partial charge on any atom is -0.495 e. The molecule has 0 atom stereocenters. The molecule has 0 saturated carbocycles. The number of halogens is 1. The summed E-state index contributed by atoms with van der Waals surface area (Å²) in [7, 11) is -2.14. The van der Waals surface area contributed by atoms with Crippen LogP contribution in [0.25, 0.3) is 0 Å². The topological polar surface area (TPSA) is 46.6 Å². The van der Waals surface area contributed by atoms with Crippen LogP contribution >= 0.6 is 11.6 Å². The maximum absolute atomic E-state index is 13.0. The van der Waals surface area contributed by atoms with Gasteiger partial charge in [0, 0.05) is 6.54 Å². The molecular weight excluding hydrogens is 334 g/mol. The lowest BCUT2D eigenvalue weighted by atomic mass is 10.0. The third-order valence-corrected chi connectivity index (χ3v) is 6.13. The molecule has 0 aliphatic carbocycles. The Kier molecular flexibility index (Phi) is 4.25. The summed E-state index contributed by atoms with van der Waals surface area (Å²) in [5, 5.41) is 0.287. The van der Waals surface area contributed by atoms with Gasteiger partial charge in [-0.05, 0) is 49.6 Å². The van der Waals surface area contributed by atoms with Crippen LogP contribution in [-0.2, 0) is 16.4 Å². The van der Waals surface area contributed by atoms with Crippen molar-refractivity contribution in [1.82, 2.24) is 0 Å². The Hall–Kier alpha value is -1.72. The summed E-state index contributed by atoms with van der Waals surface area (Å²) in [6.45, 7) is 2.49. The first-order valence-electron chi connectivity index (χ1n) is 7.39. The molecule has 0 N–H and O–H groups in total. The first kappa shape index (κ1) is 16.1. The lowest BCUT2D eigenvalue weighted by molar-refractivity contribution is 0.414. The van der Waals surface area contributed by atoms with Gasteiger partial charge >= 0.3 is 0 Å². The van der Waals surface area contributed by atoms with E-state index in [2.05, 4.69) is 6.07 Å². The molecule has 2 aromatic rings. The quantitative estimate of drug-likeness (QED) is 0.845. The molecule has 6 heteroatoms. The van der Waals surface area contributed by atoms with Crippen LogP contribution < -0.4 is 9.04 Å². The van der Waals surface area contributed by atoms with Crippen molar-refractivity contribution in [3.63, 3.8) is 0 Å². The second-order valence-electron chi connectivity index (χ2n) is 5.61. The summed E-state index contributed by atoms with van der Waals surface area (Å²) in [5.41, 5.74) is 2.96. The van der Waals surface area contributed by atoms with Gasteiger partial charge < -0.3 is 4.74 Å². The van der Waals surface area contributed by atoms with Crippen LogP contribution in [0.5, 0.6) is 5.75 Å². The molecule has 0 spiro atoms. The van der Waals surface area contributed by atoms with Gasteiger partial charge in [0.15, 0.2) is 0 Å². The molecule has 23 heavy (non-hydrogen) atoms. The smallest absolute Gasteiger partial charge is 0.264 e. The Bertz CT molecular complexity index is 849. The highest BCUT2D eigenvalue weighted by Gasteiger charge is 2.29. The summed E-state index contributed by atoms with van der Waals surface area (Å²) in [4.78, 5) is 0.178. The number of hydrogen-bond donors (Lipinski definition) is 0. The van der Waals surface area contributed by atoms with E-state index in [0.29, 0.717) is 12.3 Å². The van der Waals surface area contributed by atoms with Crippen molar-refractivity contribution in [1.29, 1.82) is 0 Å². The zero-order valence-corrected chi connectivity index (χ0v) is 14.6. The zero-order chi connectivity index (χ0) is 16.6. The van der Waals surface area contributed by atoms with Gasteiger partial charge in [0.25, 0.3) is 10.0 Å². The van der Waals surface area contributed by atoms with Gasteiger partial charge in [-0.1, -0.05) is 29.3 Å². The molecule has 0 radical (unpaired) electrons. The molecule has 122 valence electrons. The van der Waals surface area contributed by atoms with E-state index >= 15 is 0 Å². The van der Waals surface area contributed by atoms with Crippen molar-refractivity contribution in [2.45, 2.75) is 24.7 Å². The number of aryl methyl sites for hydroxylation is 2. The summed E-state index contributed by atoms with van der Waals surface area (Å²) < 4.78 is 32.6. The second kappa shape index (κ2) is 6.06. The number of sulfonamides is 1. The van der Waals surface area contributed by atoms with Gasteiger partial charge in [-0.2, -0.15) is 0 Å². The Morgan fingerprint density at radius 3 is 2.65 bits per heavy atom. The van der Waals surface area contributed by atoms with Crippen LogP contribution in [0, 0.1) is 6.92 Å². The fourth-order valence-corrected chi connectivity index (χ4v) is 4.77. The number of benzene rings is 2. The molecule has 1 aliphatic heterocycles. The average molecular weight is 352 g/mol. The van der Waals surface area contributed by atoms with Crippen molar-refractivity contribution in [3.05, 3.63) is 52.5 Å². The fraction of sp³-hybridized carbons (Fsp3) is 0.294. The normalized spacial score (nSPS) is 14.5. The number of ether oxygens (including phenoxy) is 1. The number of rotatable bonds is 3. The highest BCUT2D eigenvalue weighted by molar-refractivity contribution is 7.92. The fourth-order valence-electron chi connectivity index (χ4n) is 2.88. The van der Waals surface area contributed by atoms with E-state index in [1.54, 1.807) is 6.07 Å². The van der Waals surface area contributed by atoms with Crippen LogP contribution in [0.2, 0.25) is 5.02 Å². The summed E-state index contributed by atoms with van der Waals surface area (Å²) in [6, 6.07) is 10.4. The van der Waals surface area contributed by atoms with E-state index < -0.39 is 10.0 Å². The molecule has 3 rings (SSSR count). The van der Waals surface area contributed by atoms with Crippen LogP contribution in [0.1, 0.15) is 17.5 Å². The summed E-state index contributed by atoms with van der Waals surface area (Å²) >= 11 is 6.09. The molecule has 0 amide bonds. The van der Waals surface area contributed by atoms with Crippen LogP contribution in [0.4, 0.5) is 5.69 Å². The van der Waals surface area contributed by atoms with E-state index in [0.717, 1.165) is 29.7 Å². The average Bonchev–Trinajstić information content (AvgIpc) is 2.53. The Morgan fingerprint density at radius 2 is 1.96 bits per heavy atom. The number of methoxy groups -OCH3 is 1. The van der Waals surface area contributed by atoms with Gasteiger partial charge in [0.1, 0.15) is 5.75 Å². The highest BCUT2D eigenvalue weighted by atomic mass is 35.5. The minimum atomic E-state index is -3.64. The molecule has 0 unspecified atom stereocenters. The lowest BCUT2D eigenvalue weighted by Gasteiger charge is -2.30. The first-order valence-corrected chi connectivity index (χ1v) is 9.21. The number of nitrogens with zero attached hydrogens (tertiary/aromatic N) is 1. The van der Waals surface area contributed by atoms with Crippen LogP contribution in [-0.4, -0.2) is 22.1 Å². The van der Waals surface area contributed by atoms with Crippen molar-refractivity contribution in [3.8, 4) is 5.75 Å². The monoisotopic (exact) mass is 351 g/mol. The van der Waals surface area contributed by atoms with E-state index in [4.69, 9.17) is 16.3 Å². The van der Waals surface area contributed by atoms with E-state index in [1.807, 2.05) is 19.1 Å². The van der Waals surface area contributed by atoms with E-state index in [-0.39, 0.29) is 9.92 Å². The molecule has 2 aromatic carbocycles. The Labute approximate surface area is 141 Å². The van der Waals surface area contributed by atoms with Crippen molar-refractivity contribution < 1.29 is 13.2 Å². The highest BCUT2D eigenvalue weighted by Crippen LogP contribution is 2.34. The molecule has 0 bridgehead atoms. The molecule has 1 heterocycles. The third kappa shape index (κ3) is 2.91. The zero-order valence-electron chi connectivity index (χ0n) is 13.0. The number of anilines is 1. The predicted octanol–water partition coefficient (Wildman–Crippen LogP) is 3.80. The SMILES string of the molecule is COc1ccc(S(=O)(=O)N2CCCc3cc(C)ccc32)cc1Cl. The lowest BCUT2D eigenvalue weighted by Crippen LogP contribution is -2.35. The van der Waals surface area contributed by atoms with Crippen LogP contribution in [0.15, 0.2) is 41.3 Å². The molecule has 4 nitrogen and oxygen atoms in total. The van der Waals surface area contributed by atoms with E-state index in [1.165, 1.54) is 23.5 Å². The number of hydrogen-bond acceptors (Lipinski definition) is 3. The van der Waals surface area contributed by atoms with Crippen molar-refractivity contribution in [2.75, 3.05) is 18.0 Å². The first-order chi connectivity index (χ1) is 10.9. The second-order valence-corrected chi connectivity index (χ2v) is 7.88. The molecular formula is C17H18ClNO3S. The third-order valence-electron chi connectivity index (χ3n) is 4.02. The van der Waals surface area contributed by atoms with Crippen molar-refractivity contribution >= 4 is 27.3 Å². The van der Waals surface area contributed by atoms with Gasteiger partial charge in [-0.3, -0.25) is 4.31 Å². The Balaban J connectivity index is 2.06. The predicted molar refractivity (Wildman–Crippen MR) is 92.0 cm³/mol. The van der Waals surface area contributed by atoms with E-state index in [9.17, 15) is 8.42 Å². The van der Waals surface area contributed by atoms with Crippen molar-refractivity contribution in [2.24, 2.45) is 0 Å². The van der Waals surface area contributed by atoms with Gasteiger partial charge in [-0.25, -0.2) is 8.42 Å². The summed E-state index contributed by atoms with van der Waals surface area (Å²) in [6.07, 6.45) is 1.70. The van der Waals surface area contributed by atoms with Gasteiger partial charge in [0.2, 0.25) is 0 Å².